The summed E-state index contributed by atoms with van der Waals surface area (Å²) in [5.41, 5.74) is -1.41. The van der Waals surface area contributed by atoms with Crippen LogP contribution in [0.4, 0.5) is 29.3 Å². The Bertz CT molecular complexity index is 1000. The van der Waals surface area contributed by atoms with Crippen molar-refractivity contribution in [2.45, 2.75) is 50.2 Å². The predicted molar refractivity (Wildman–Crippen MR) is 108 cm³/mol. The van der Waals surface area contributed by atoms with Crippen molar-refractivity contribution in [1.82, 2.24) is 14.5 Å². The van der Waals surface area contributed by atoms with Gasteiger partial charge < -0.3 is 24.2 Å². The lowest BCUT2D eigenvalue weighted by atomic mass is 9.86. The first-order valence-electron chi connectivity index (χ1n) is 11.0. The smallest absolute Gasteiger partial charge is 0.377 e. The molecule has 1 amide bonds. The normalized spacial score (nSPS) is 26.6. The number of hydrogen-bond donors (Lipinski definition) is 0. The number of nitrogens with zero attached hydrogens (tertiary/aromatic N) is 5. The number of alkyl halides is 3. The largest absolute Gasteiger partial charge is 0.408 e. The molecule has 5 rings (SSSR count). The summed E-state index contributed by atoms with van der Waals surface area (Å²) in [6, 6.07) is -2.33. The Kier molecular flexibility index (Phi) is 5.31. The first kappa shape index (κ1) is 22.4. The average Bonchev–Trinajstić information content (AvgIpc) is 2.68. The van der Waals surface area contributed by atoms with Crippen LogP contribution in [0, 0.1) is 5.82 Å². The van der Waals surface area contributed by atoms with Crippen LogP contribution in [-0.2, 0) is 20.8 Å². The number of carbonyl (C=O) groups excluding carboxylic acids is 1. The maximum absolute atomic E-state index is 15.0. The maximum Gasteiger partial charge on any atom is 0.408 e. The van der Waals surface area contributed by atoms with Gasteiger partial charge >= 0.3 is 6.18 Å². The number of amides is 1. The standard InChI is InChI=1S/C20H25F4N5O4/c1-12-9-32-7-5-27(12)16-15(21)17(31)28-4-2-13(20(22,23)24)29(18(28)25-16)8-14(30)26-10-19(11-26)3-6-33-19/h12-13H,2-11H2,1H3. The fourth-order valence-corrected chi connectivity index (χ4v) is 4.94. The SMILES string of the molecule is CC1COCCN1c1nc2n(c(=O)c1F)CCC(C(F)(F)F)N2CC(=O)N1CC2(CCO2)C1. The van der Waals surface area contributed by atoms with Gasteiger partial charge in [0.1, 0.15) is 18.2 Å². The average molecular weight is 475 g/mol. The zero-order valence-corrected chi connectivity index (χ0v) is 18.1. The van der Waals surface area contributed by atoms with Gasteiger partial charge in [-0.25, -0.2) is 0 Å². The van der Waals surface area contributed by atoms with E-state index in [-0.39, 0.29) is 49.7 Å². The van der Waals surface area contributed by atoms with Crippen LogP contribution in [0.25, 0.3) is 0 Å². The minimum absolute atomic E-state index is 0.242. The number of carbonyl (C=O) groups is 1. The van der Waals surface area contributed by atoms with E-state index in [2.05, 4.69) is 4.98 Å². The van der Waals surface area contributed by atoms with Crippen LogP contribution >= 0.6 is 0 Å². The third-order valence-electron chi connectivity index (χ3n) is 6.94. The number of hydrogen-bond acceptors (Lipinski definition) is 7. The van der Waals surface area contributed by atoms with E-state index in [1.807, 2.05) is 0 Å². The lowest BCUT2D eigenvalue weighted by Crippen LogP contribution is -2.70. The van der Waals surface area contributed by atoms with Gasteiger partial charge in [0, 0.05) is 19.5 Å². The number of morpholine rings is 1. The van der Waals surface area contributed by atoms with Gasteiger partial charge in [-0.15, -0.1) is 0 Å². The van der Waals surface area contributed by atoms with E-state index in [0.717, 1.165) is 15.9 Å². The van der Waals surface area contributed by atoms with Crippen molar-refractivity contribution in [2.75, 3.05) is 55.8 Å². The van der Waals surface area contributed by atoms with Gasteiger partial charge in [0.25, 0.3) is 5.56 Å². The van der Waals surface area contributed by atoms with Crippen LogP contribution in [0.3, 0.4) is 0 Å². The molecule has 9 nitrogen and oxygen atoms in total. The highest BCUT2D eigenvalue weighted by Crippen LogP contribution is 2.38. The summed E-state index contributed by atoms with van der Waals surface area (Å²) in [5.74, 6) is -2.28. The molecule has 1 aromatic rings. The number of ether oxygens (including phenoxy) is 2. The molecule has 3 saturated heterocycles. The number of halogens is 4. The summed E-state index contributed by atoms with van der Waals surface area (Å²) in [5, 5.41) is 0. The summed E-state index contributed by atoms with van der Waals surface area (Å²) in [6.45, 7) is 2.85. The van der Waals surface area contributed by atoms with Gasteiger partial charge in [0.2, 0.25) is 17.7 Å². The molecule has 0 N–H and O–H groups in total. The third kappa shape index (κ3) is 3.74. The Morgan fingerprint density at radius 2 is 1.97 bits per heavy atom. The van der Waals surface area contributed by atoms with Crippen LogP contribution < -0.4 is 15.4 Å². The molecule has 1 spiro atoms. The summed E-state index contributed by atoms with van der Waals surface area (Å²) in [6.07, 6.45) is -4.33. The highest BCUT2D eigenvalue weighted by Gasteiger charge is 2.52. The Balaban J connectivity index is 1.49. The van der Waals surface area contributed by atoms with Gasteiger partial charge in [-0.1, -0.05) is 0 Å². The zero-order chi connectivity index (χ0) is 23.5. The molecular formula is C20H25F4N5O4. The second-order valence-electron chi connectivity index (χ2n) is 9.13. The van der Waals surface area contributed by atoms with Gasteiger partial charge in [0.05, 0.1) is 39.0 Å². The van der Waals surface area contributed by atoms with Crippen molar-refractivity contribution < 1.29 is 31.8 Å². The Morgan fingerprint density at radius 3 is 2.58 bits per heavy atom. The van der Waals surface area contributed by atoms with Crippen molar-refractivity contribution >= 4 is 17.7 Å². The second kappa shape index (κ2) is 7.83. The quantitative estimate of drug-likeness (QED) is 0.597. The lowest BCUT2D eigenvalue weighted by Gasteiger charge is -2.55. The van der Waals surface area contributed by atoms with Gasteiger partial charge in [-0.2, -0.15) is 22.5 Å². The summed E-state index contributed by atoms with van der Waals surface area (Å²) >= 11 is 0. The van der Waals surface area contributed by atoms with Crippen molar-refractivity contribution in [3.63, 3.8) is 0 Å². The van der Waals surface area contributed by atoms with Crippen molar-refractivity contribution in [1.29, 1.82) is 0 Å². The van der Waals surface area contributed by atoms with Gasteiger partial charge in [0.15, 0.2) is 5.82 Å². The van der Waals surface area contributed by atoms with Gasteiger partial charge in [-0.05, 0) is 13.3 Å². The maximum atomic E-state index is 15.0. The lowest BCUT2D eigenvalue weighted by molar-refractivity contribution is -0.221. The molecule has 0 saturated carbocycles. The molecule has 4 aliphatic rings. The fourth-order valence-electron chi connectivity index (χ4n) is 4.94. The van der Waals surface area contributed by atoms with Crippen LogP contribution in [0.15, 0.2) is 4.79 Å². The molecule has 2 unspecified atom stereocenters. The van der Waals surface area contributed by atoms with E-state index in [4.69, 9.17) is 9.47 Å². The Morgan fingerprint density at radius 1 is 1.24 bits per heavy atom. The Hall–Kier alpha value is -2.41. The first-order valence-corrected chi connectivity index (χ1v) is 11.0. The van der Waals surface area contributed by atoms with Crippen LogP contribution in [0.1, 0.15) is 19.8 Å². The molecular weight excluding hydrogens is 450 g/mol. The number of anilines is 2. The summed E-state index contributed by atoms with van der Waals surface area (Å²) < 4.78 is 68.4. The van der Waals surface area contributed by atoms with Crippen LogP contribution in [0.2, 0.25) is 0 Å². The monoisotopic (exact) mass is 475 g/mol. The Labute approximate surface area is 186 Å². The molecule has 13 heteroatoms. The van der Waals surface area contributed by atoms with Crippen molar-refractivity contribution in [2.24, 2.45) is 0 Å². The minimum atomic E-state index is -4.66. The van der Waals surface area contributed by atoms with E-state index in [1.165, 1.54) is 9.80 Å². The molecule has 33 heavy (non-hydrogen) atoms. The zero-order valence-electron chi connectivity index (χ0n) is 18.1. The number of aromatic nitrogens is 2. The third-order valence-corrected chi connectivity index (χ3v) is 6.94. The van der Waals surface area contributed by atoms with E-state index in [9.17, 15) is 27.2 Å². The second-order valence-corrected chi connectivity index (χ2v) is 9.13. The molecule has 0 aromatic carbocycles. The summed E-state index contributed by atoms with van der Waals surface area (Å²) in [4.78, 5) is 33.6. The molecule has 1 aromatic heterocycles. The van der Waals surface area contributed by atoms with Crippen LogP contribution in [0.5, 0.6) is 0 Å². The van der Waals surface area contributed by atoms with Crippen molar-refractivity contribution in [3.05, 3.63) is 16.2 Å². The molecule has 3 fully saturated rings. The summed E-state index contributed by atoms with van der Waals surface area (Å²) in [7, 11) is 0. The molecule has 2 atom stereocenters. The fraction of sp³-hybridized carbons (Fsp3) is 0.750. The van der Waals surface area contributed by atoms with E-state index in [0.29, 0.717) is 19.7 Å². The molecule has 0 bridgehead atoms. The predicted octanol–water partition coefficient (Wildman–Crippen LogP) is 0.750. The van der Waals surface area contributed by atoms with Crippen LogP contribution in [-0.4, -0.2) is 90.2 Å². The van der Waals surface area contributed by atoms with Gasteiger partial charge in [-0.3, -0.25) is 14.2 Å². The highest BCUT2D eigenvalue weighted by atomic mass is 19.4. The van der Waals surface area contributed by atoms with E-state index < -0.39 is 42.5 Å². The number of likely N-dealkylation sites (tertiary alicyclic amines) is 1. The molecule has 182 valence electrons. The molecule has 0 aliphatic carbocycles. The topological polar surface area (TPSA) is 80.1 Å². The highest BCUT2D eigenvalue weighted by molar-refractivity contribution is 5.82. The van der Waals surface area contributed by atoms with E-state index >= 15 is 0 Å². The molecule has 4 aliphatic heterocycles. The van der Waals surface area contributed by atoms with Crippen molar-refractivity contribution in [3.8, 4) is 0 Å². The molecule has 5 heterocycles. The molecule has 0 radical (unpaired) electrons. The minimum Gasteiger partial charge on any atom is -0.377 e. The first-order chi connectivity index (χ1) is 15.6. The number of fused-ring (bicyclic) bond motifs is 1. The number of rotatable bonds is 3. The van der Waals surface area contributed by atoms with E-state index in [1.54, 1.807) is 6.92 Å².